The van der Waals surface area contributed by atoms with Crippen molar-refractivity contribution in [1.29, 1.82) is 0 Å². The monoisotopic (exact) mass is 425 g/mol. The van der Waals surface area contributed by atoms with Crippen LogP contribution in [0.2, 0.25) is 0 Å². The molecule has 0 spiro atoms. The van der Waals surface area contributed by atoms with Crippen LogP contribution in [-0.4, -0.2) is 39.3 Å². The number of ether oxygens (including phenoxy) is 1. The van der Waals surface area contributed by atoms with Crippen LogP contribution in [0.25, 0.3) is 0 Å². The molecule has 136 valence electrons. The average Bonchev–Trinajstić information content (AvgIpc) is 2.62. The topological polar surface area (TPSA) is 46.6 Å². The molecule has 2 aromatic rings. The lowest BCUT2D eigenvalue weighted by atomic mass is 10.1. The van der Waals surface area contributed by atoms with Crippen LogP contribution in [0.5, 0.6) is 5.75 Å². The summed E-state index contributed by atoms with van der Waals surface area (Å²) in [6.45, 7) is 5.38. The van der Waals surface area contributed by atoms with Gasteiger partial charge < -0.3 is 4.74 Å². The molecule has 0 aliphatic carbocycles. The van der Waals surface area contributed by atoms with Crippen molar-refractivity contribution in [2.75, 3.05) is 26.0 Å². The fraction of sp³-hybridized carbons (Fsp3) is 0.368. The van der Waals surface area contributed by atoms with Gasteiger partial charge in [-0.25, -0.2) is 8.42 Å². The van der Waals surface area contributed by atoms with Crippen LogP contribution >= 0.6 is 15.9 Å². The Morgan fingerprint density at radius 2 is 1.84 bits per heavy atom. The Hall–Kier alpha value is -1.37. The zero-order valence-corrected chi connectivity index (χ0v) is 17.2. The molecule has 0 heterocycles. The Morgan fingerprint density at radius 1 is 1.16 bits per heavy atom. The van der Waals surface area contributed by atoms with E-state index in [0.717, 1.165) is 22.3 Å². The van der Waals surface area contributed by atoms with Gasteiger partial charge in [0, 0.05) is 17.1 Å². The molecule has 0 fully saturated rings. The number of sulfone groups is 1. The third-order valence-corrected chi connectivity index (χ3v) is 6.59. The Labute approximate surface area is 158 Å². The molecule has 25 heavy (non-hydrogen) atoms. The van der Waals surface area contributed by atoms with Crippen molar-refractivity contribution in [2.24, 2.45) is 0 Å². The minimum absolute atomic E-state index is 0.0940. The number of hydrogen-bond donors (Lipinski definition) is 0. The van der Waals surface area contributed by atoms with Crippen LogP contribution in [0, 0.1) is 0 Å². The van der Waals surface area contributed by atoms with Gasteiger partial charge in [-0.3, -0.25) is 4.90 Å². The van der Waals surface area contributed by atoms with Gasteiger partial charge >= 0.3 is 0 Å². The van der Waals surface area contributed by atoms with Crippen LogP contribution in [0.4, 0.5) is 0 Å². The first-order valence-electron chi connectivity index (χ1n) is 8.23. The Balaban J connectivity index is 2.09. The first-order valence-corrected chi connectivity index (χ1v) is 10.7. The lowest BCUT2D eigenvalue weighted by Crippen LogP contribution is -2.31. The summed E-state index contributed by atoms with van der Waals surface area (Å²) < 4.78 is 31.3. The zero-order chi connectivity index (χ0) is 18.4. The summed E-state index contributed by atoms with van der Waals surface area (Å²) in [4.78, 5) is 2.52. The maximum Gasteiger partial charge on any atom is 0.179 e. The lowest BCUT2D eigenvalue weighted by molar-refractivity contribution is 0.235. The molecule has 2 aromatic carbocycles. The molecular weight excluding hydrogens is 402 g/mol. The van der Waals surface area contributed by atoms with E-state index < -0.39 is 9.84 Å². The van der Waals surface area contributed by atoms with Gasteiger partial charge in [-0.15, -0.1) is 0 Å². The Kier molecular flexibility index (Phi) is 7.04. The van der Waals surface area contributed by atoms with Gasteiger partial charge in [0.2, 0.25) is 0 Å². The molecule has 0 saturated carbocycles. The highest BCUT2D eigenvalue weighted by molar-refractivity contribution is 9.10. The maximum absolute atomic E-state index is 12.6. The van der Waals surface area contributed by atoms with Crippen molar-refractivity contribution >= 4 is 25.8 Å². The van der Waals surface area contributed by atoms with Gasteiger partial charge in [-0.05, 0) is 55.4 Å². The summed E-state index contributed by atoms with van der Waals surface area (Å²) in [6.07, 6.45) is 0. The third-order valence-electron chi connectivity index (χ3n) is 4.35. The van der Waals surface area contributed by atoms with Gasteiger partial charge in [0.1, 0.15) is 5.75 Å². The van der Waals surface area contributed by atoms with Gasteiger partial charge in [0.05, 0.1) is 17.8 Å². The SMILES string of the molecule is CCN(CCS(=O)(=O)c1ccc(Br)cc1)C(C)c1cccc(OC)c1. The van der Waals surface area contributed by atoms with Crippen LogP contribution < -0.4 is 4.74 Å². The van der Waals surface area contributed by atoms with E-state index in [-0.39, 0.29) is 11.8 Å². The second-order valence-electron chi connectivity index (χ2n) is 5.85. The highest BCUT2D eigenvalue weighted by Gasteiger charge is 2.20. The van der Waals surface area contributed by atoms with Crippen molar-refractivity contribution in [1.82, 2.24) is 4.90 Å². The van der Waals surface area contributed by atoms with Gasteiger partial charge in [-0.1, -0.05) is 35.0 Å². The molecular formula is C19H24BrNO3S. The molecule has 4 nitrogen and oxygen atoms in total. The molecule has 0 N–H and O–H groups in total. The van der Waals surface area contributed by atoms with Crippen molar-refractivity contribution in [3.63, 3.8) is 0 Å². The number of methoxy groups -OCH3 is 1. The van der Waals surface area contributed by atoms with E-state index in [2.05, 4.69) is 27.8 Å². The van der Waals surface area contributed by atoms with Crippen molar-refractivity contribution in [3.05, 3.63) is 58.6 Å². The smallest absolute Gasteiger partial charge is 0.179 e. The lowest BCUT2D eigenvalue weighted by Gasteiger charge is -2.28. The van der Waals surface area contributed by atoms with E-state index in [1.807, 2.05) is 31.2 Å². The number of nitrogens with zero attached hydrogens (tertiary/aromatic N) is 1. The fourth-order valence-corrected chi connectivity index (χ4v) is 4.26. The fourth-order valence-electron chi connectivity index (χ4n) is 2.74. The molecule has 0 saturated heterocycles. The van der Waals surface area contributed by atoms with E-state index in [4.69, 9.17) is 4.74 Å². The number of benzene rings is 2. The quantitative estimate of drug-likeness (QED) is 0.631. The summed E-state index contributed by atoms with van der Waals surface area (Å²) in [5.74, 6) is 0.902. The van der Waals surface area contributed by atoms with E-state index >= 15 is 0 Å². The van der Waals surface area contributed by atoms with Crippen molar-refractivity contribution in [2.45, 2.75) is 24.8 Å². The second kappa shape index (κ2) is 8.83. The maximum atomic E-state index is 12.6. The third kappa shape index (κ3) is 5.30. The van der Waals surface area contributed by atoms with Crippen molar-refractivity contribution in [3.8, 4) is 5.75 Å². The molecule has 1 atom stereocenters. The first-order chi connectivity index (χ1) is 11.9. The standard InChI is InChI=1S/C19H24BrNO3S/c1-4-21(15(2)16-6-5-7-18(14-16)24-3)12-13-25(22,23)19-10-8-17(20)9-11-19/h5-11,14-15H,4,12-13H2,1-3H3. The average molecular weight is 426 g/mol. The first kappa shape index (κ1) is 19.9. The predicted molar refractivity (Wildman–Crippen MR) is 105 cm³/mol. The van der Waals surface area contributed by atoms with Gasteiger partial charge in [0.15, 0.2) is 9.84 Å². The predicted octanol–water partition coefficient (Wildman–Crippen LogP) is 4.31. The summed E-state index contributed by atoms with van der Waals surface area (Å²) in [5, 5.41) is 0. The van der Waals surface area contributed by atoms with E-state index in [9.17, 15) is 8.42 Å². The molecule has 0 aliphatic rings. The minimum atomic E-state index is -3.30. The summed E-state index contributed by atoms with van der Waals surface area (Å²) in [5.41, 5.74) is 1.11. The summed E-state index contributed by atoms with van der Waals surface area (Å²) in [6, 6.07) is 14.8. The van der Waals surface area contributed by atoms with Crippen LogP contribution in [-0.2, 0) is 9.84 Å². The van der Waals surface area contributed by atoms with Crippen LogP contribution in [0.1, 0.15) is 25.5 Å². The van der Waals surface area contributed by atoms with Crippen LogP contribution in [0.3, 0.4) is 0 Å². The largest absolute Gasteiger partial charge is 0.497 e. The molecule has 1 unspecified atom stereocenters. The molecule has 0 bridgehead atoms. The molecule has 0 aromatic heterocycles. The van der Waals surface area contributed by atoms with Gasteiger partial charge in [-0.2, -0.15) is 0 Å². The number of halogens is 1. The van der Waals surface area contributed by atoms with E-state index in [1.54, 1.807) is 31.4 Å². The van der Waals surface area contributed by atoms with E-state index in [1.165, 1.54) is 0 Å². The normalized spacial score (nSPS) is 13.0. The molecule has 6 heteroatoms. The highest BCUT2D eigenvalue weighted by Crippen LogP contribution is 2.24. The number of rotatable bonds is 8. The molecule has 0 radical (unpaired) electrons. The Morgan fingerprint density at radius 3 is 2.44 bits per heavy atom. The number of hydrogen-bond acceptors (Lipinski definition) is 4. The Bertz CT molecular complexity index is 791. The molecule has 0 aliphatic heterocycles. The summed E-state index contributed by atoms with van der Waals surface area (Å²) >= 11 is 3.33. The molecule has 0 amide bonds. The second-order valence-corrected chi connectivity index (χ2v) is 8.88. The van der Waals surface area contributed by atoms with E-state index in [0.29, 0.717) is 11.4 Å². The van der Waals surface area contributed by atoms with Gasteiger partial charge in [0.25, 0.3) is 0 Å². The summed E-state index contributed by atoms with van der Waals surface area (Å²) in [7, 11) is -1.65. The molecule has 2 rings (SSSR count). The highest BCUT2D eigenvalue weighted by atomic mass is 79.9. The minimum Gasteiger partial charge on any atom is -0.497 e. The zero-order valence-electron chi connectivity index (χ0n) is 14.8. The van der Waals surface area contributed by atoms with Crippen LogP contribution in [0.15, 0.2) is 57.9 Å². The van der Waals surface area contributed by atoms with Crippen molar-refractivity contribution < 1.29 is 13.2 Å².